The van der Waals surface area contributed by atoms with Crippen LogP contribution in [0, 0.1) is 13.8 Å². The number of cyclic esters (lactones) is 1. The van der Waals surface area contributed by atoms with E-state index in [0.29, 0.717) is 11.6 Å². The van der Waals surface area contributed by atoms with Gasteiger partial charge in [0, 0.05) is 17.5 Å². The number of ether oxygens (including phenoxy) is 1. The van der Waals surface area contributed by atoms with E-state index < -0.39 is 0 Å². The summed E-state index contributed by atoms with van der Waals surface area (Å²) in [6.45, 7) is 6.00. The molecule has 5 nitrogen and oxygen atoms in total. The van der Waals surface area contributed by atoms with Crippen LogP contribution in [-0.4, -0.2) is 32.5 Å². The number of aryl methyl sites for hydroxylation is 2. The number of hydrogen-bond donors (Lipinski definition) is 0. The van der Waals surface area contributed by atoms with Crippen molar-refractivity contribution in [2.24, 2.45) is 0 Å². The molecule has 142 valence electrons. The Labute approximate surface area is 168 Å². The van der Waals surface area contributed by atoms with Gasteiger partial charge in [-0.2, -0.15) is 0 Å². The van der Waals surface area contributed by atoms with Crippen LogP contribution < -0.4 is 0 Å². The fourth-order valence-electron chi connectivity index (χ4n) is 3.12. The Hall–Kier alpha value is -2.73. The maximum atomic E-state index is 12.0. The summed E-state index contributed by atoms with van der Waals surface area (Å²) in [6, 6.07) is 16.3. The van der Waals surface area contributed by atoms with Crippen LogP contribution in [0.1, 0.15) is 24.5 Å². The number of rotatable bonds is 4. The SMILES string of the molecule is Cc1ccc(-c2nnc(S[C@H]3C[C@@H](C)OC3=O)nc2-c2ccc(C)cc2)cc1. The zero-order valence-electron chi connectivity index (χ0n) is 16.0. The van der Waals surface area contributed by atoms with Gasteiger partial charge in [-0.3, -0.25) is 4.79 Å². The number of thioether (sulfide) groups is 1. The summed E-state index contributed by atoms with van der Waals surface area (Å²) in [5.74, 6) is -0.208. The minimum atomic E-state index is -0.284. The summed E-state index contributed by atoms with van der Waals surface area (Å²) in [4.78, 5) is 16.8. The van der Waals surface area contributed by atoms with Crippen LogP contribution in [0.2, 0.25) is 0 Å². The lowest BCUT2D eigenvalue weighted by Gasteiger charge is -2.11. The first-order chi connectivity index (χ1) is 13.5. The zero-order valence-corrected chi connectivity index (χ0v) is 16.9. The fraction of sp³-hybridized carbons (Fsp3) is 0.273. The highest BCUT2D eigenvalue weighted by atomic mass is 32.2. The molecule has 3 aromatic rings. The predicted molar refractivity (Wildman–Crippen MR) is 110 cm³/mol. The van der Waals surface area contributed by atoms with Crippen molar-refractivity contribution < 1.29 is 9.53 Å². The van der Waals surface area contributed by atoms with Gasteiger partial charge >= 0.3 is 5.97 Å². The van der Waals surface area contributed by atoms with Gasteiger partial charge in [-0.15, -0.1) is 10.2 Å². The second-order valence-corrected chi connectivity index (χ2v) is 8.28. The second kappa shape index (κ2) is 7.72. The van der Waals surface area contributed by atoms with E-state index >= 15 is 0 Å². The molecule has 6 heteroatoms. The summed E-state index contributed by atoms with van der Waals surface area (Å²) < 4.78 is 5.24. The van der Waals surface area contributed by atoms with E-state index in [9.17, 15) is 4.79 Å². The molecular formula is C22H21N3O2S. The van der Waals surface area contributed by atoms with Crippen LogP contribution in [0.3, 0.4) is 0 Å². The number of hydrogen-bond acceptors (Lipinski definition) is 6. The molecule has 1 saturated heterocycles. The van der Waals surface area contributed by atoms with E-state index in [4.69, 9.17) is 9.72 Å². The average Bonchev–Trinajstić information content (AvgIpc) is 3.00. The monoisotopic (exact) mass is 391 g/mol. The summed E-state index contributed by atoms with van der Waals surface area (Å²) in [5.41, 5.74) is 5.80. The van der Waals surface area contributed by atoms with Gasteiger partial charge in [-0.25, -0.2) is 4.98 Å². The summed E-state index contributed by atoms with van der Waals surface area (Å²) >= 11 is 1.32. The highest BCUT2D eigenvalue weighted by molar-refractivity contribution is 8.00. The minimum absolute atomic E-state index is 0.0682. The van der Waals surface area contributed by atoms with Crippen molar-refractivity contribution in [1.82, 2.24) is 15.2 Å². The molecule has 4 rings (SSSR count). The molecule has 0 amide bonds. The first-order valence-electron chi connectivity index (χ1n) is 9.25. The Morgan fingerprint density at radius 1 is 0.893 bits per heavy atom. The van der Waals surface area contributed by atoms with Gasteiger partial charge in [0.05, 0.1) is 0 Å². The van der Waals surface area contributed by atoms with Gasteiger partial charge < -0.3 is 4.74 Å². The van der Waals surface area contributed by atoms with E-state index in [1.165, 1.54) is 22.9 Å². The van der Waals surface area contributed by atoms with Crippen molar-refractivity contribution in [1.29, 1.82) is 0 Å². The Bertz CT molecular complexity index is 1000. The van der Waals surface area contributed by atoms with Crippen LogP contribution >= 0.6 is 11.8 Å². The van der Waals surface area contributed by atoms with Crippen LogP contribution in [0.5, 0.6) is 0 Å². The lowest BCUT2D eigenvalue weighted by Crippen LogP contribution is -2.11. The summed E-state index contributed by atoms with van der Waals surface area (Å²) in [7, 11) is 0. The van der Waals surface area contributed by atoms with Gasteiger partial charge in [-0.1, -0.05) is 71.4 Å². The Morgan fingerprint density at radius 3 is 2.00 bits per heavy atom. The van der Waals surface area contributed by atoms with E-state index in [1.807, 2.05) is 31.2 Å². The smallest absolute Gasteiger partial charge is 0.319 e. The zero-order chi connectivity index (χ0) is 19.7. The van der Waals surface area contributed by atoms with E-state index in [2.05, 4.69) is 48.3 Å². The number of nitrogens with zero attached hydrogens (tertiary/aromatic N) is 3. The molecule has 0 unspecified atom stereocenters. The topological polar surface area (TPSA) is 65.0 Å². The molecule has 1 aliphatic rings. The van der Waals surface area contributed by atoms with Crippen LogP contribution in [0.4, 0.5) is 0 Å². The number of aromatic nitrogens is 3. The quantitative estimate of drug-likeness (QED) is 0.605. The normalized spacial score (nSPS) is 18.9. The van der Waals surface area contributed by atoms with E-state index in [0.717, 1.165) is 22.5 Å². The number of carbonyl (C=O) groups is 1. The maximum absolute atomic E-state index is 12.0. The Balaban J connectivity index is 1.75. The molecule has 1 aliphatic heterocycles. The molecular weight excluding hydrogens is 370 g/mol. The maximum Gasteiger partial charge on any atom is 0.319 e. The van der Waals surface area contributed by atoms with Crippen LogP contribution in [0.25, 0.3) is 22.5 Å². The lowest BCUT2D eigenvalue weighted by atomic mass is 10.0. The van der Waals surface area contributed by atoms with Crippen molar-refractivity contribution >= 4 is 17.7 Å². The van der Waals surface area contributed by atoms with Gasteiger partial charge in [0.2, 0.25) is 5.16 Å². The molecule has 28 heavy (non-hydrogen) atoms. The molecule has 0 saturated carbocycles. The van der Waals surface area contributed by atoms with E-state index in [-0.39, 0.29) is 17.3 Å². The molecule has 0 bridgehead atoms. The largest absolute Gasteiger partial charge is 0.462 e. The molecule has 1 fully saturated rings. The van der Waals surface area contributed by atoms with Crippen molar-refractivity contribution in [3.8, 4) is 22.5 Å². The third-order valence-electron chi connectivity index (χ3n) is 4.69. The minimum Gasteiger partial charge on any atom is -0.462 e. The standard InChI is InChI=1S/C22H21N3O2S/c1-13-4-8-16(9-5-13)19-20(17-10-6-14(2)7-11-17)24-25-22(23-19)28-18-12-15(3)27-21(18)26/h4-11,15,18H,12H2,1-3H3/t15-,18+/m1/s1. The molecule has 1 aromatic heterocycles. The van der Waals surface area contributed by atoms with Crippen molar-refractivity contribution in [2.75, 3.05) is 0 Å². The first kappa shape index (κ1) is 18.6. The van der Waals surface area contributed by atoms with Crippen LogP contribution in [-0.2, 0) is 9.53 Å². The predicted octanol–water partition coefficient (Wildman–Crippen LogP) is 4.62. The fourth-order valence-corrected chi connectivity index (χ4v) is 4.13. The lowest BCUT2D eigenvalue weighted by molar-refractivity contribution is -0.140. The third kappa shape index (κ3) is 3.92. The number of carbonyl (C=O) groups excluding carboxylic acids is 1. The highest BCUT2D eigenvalue weighted by Gasteiger charge is 2.33. The molecule has 0 N–H and O–H groups in total. The first-order valence-corrected chi connectivity index (χ1v) is 10.1. The number of esters is 1. The van der Waals surface area contributed by atoms with Crippen molar-refractivity contribution in [3.63, 3.8) is 0 Å². The molecule has 0 radical (unpaired) electrons. The van der Waals surface area contributed by atoms with Crippen LogP contribution in [0.15, 0.2) is 53.7 Å². The molecule has 2 heterocycles. The number of benzene rings is 2. The average molecular weight is 391 g/mol. The molecule has 2 aromatic carbocycles. The summed E-state index contributed by atoms with van der Waals surface area (Å²) in [6.07, 6.45) is 0.591. The third-order valence-corrected chi connectivity index (χ3v) is 5.74. The Morgan fingerprint density at radius 2 is 1.46 bits per heavy atom. The molecule has 0 aliphatic carbocycles. The van der Waals surface area contributed by atoms with Gasteiger partial charge in [-0.05, 0) is 20.8 Å². The van der Waals surface area contributed by atoms with Crippen molar-refractivity contribution in [2.45, 2.75) is 43.7 Å². The van der Waals surface area contributed by atoms with Gasteiger partial charge in [0.1, 0.15) is 22.7 Å². The Kier molecular flexibility index (Phi) is 5.13. The second-order valence-electron chi connectivity index (χ2n) is 7.11. The molecule has 0 spiro atoms. The summed E-state index contributed by atoms with van der Waals surface area (Å²) in [5, 5.41) is 8.98. The van der Waals surface area contributed by atoms with Crippen molar-refractivity contribution in [3.05, 3.63) is 59.7 Å². The van der Waals surface area contributed by atoms with Gasteiger partial charge in [0.25, 0.3) is 0 Å². The highest BCUT2D eigenvalue weighted by Crippen LogP contribution is 2.34. The van der Waals surface area contributed by atoms with E-state index in [1.54, 1.807) is 0 Å². The molecule has 2 atom stereocenters. The van der Waals surface area contributed by atoms with Gasteiger partial charge in [0.15, 0.2) is 0 Å².